The van der Waals surface area contributed by atoms with Crippen molar-refractivity contribution in [3.63, 3.8) is 0 Å². The predicted octanol–water partition coefficient (Wildman–Crippen LogP) is 4.62. The average Bonchev–Trinajstić information content (AvgIpc) is 3.54. The van der Waals surface area contributed by atoms with Crippen molar-refractivity contribution in [1.82, 2.24) is 29.7 Å². The Bertz CT molecular complexity index is 1950. The number of H-pyrrole nitrogens is 2. The highest BCUT2D eigenvalue weighted by atomic mass is 16.3. The van der Waals surface area contributed by atoms with Gasteiger partial charge in [-0.3, -0.25) is 14.5 Å². The van der Waals surface area contributed by atoms with E-state index in [-0.39, 0.29) is 18.1 Å². The lowest BCUT2D eigenvalue weighted by atomic mass is 10.0. The predicted molar refractivity (Wildman–Crippen MR) is 152 cm³/mol. The summed E-state index contributed by atoms with van der Waals surface area (Å²) < 4.78 is 1.70. The van der Waals surface area contributed by atoms with E-state index in [1.54, 1.807) is 10.8 Å². The lowest BCUT2D eigenvalue weighted by Crippen LogP contribution is -2.18. The fourth-order valence-electron chi connectivity index (χ4n) is 5.49. The zero-order valence-corrected chi connectivity index (χ0v) is 21.4. The molecule has 9 heteroatoms. The summed E-state index contributed by atoms with van der Waals surface area (Å²) in [7, 11) is 0. The highest BCUT2D eigenvalue weighted by Gasteiger charge is 2.24. The molecule has 2 aromatic carbocycles. The molecule has 4 heterocycles. The summed E-state index contributed by atoms with van der Waals surface area (Å²) in [5.74, 6) is 0.782. The van der Waals surface area contributed by atoms with Crippen molar-refractivity contribution in [3.8, 4) is 28.2 Å². The second-order valence-corrected chi connectivity index (χ2v) is 10.2. The number of nitrogen functional groups attached to an aromatic ring is 1. The molecule has 1 saturated carbocycles. The van der Waals surface area contributed by atoms with Crippen LogP contribution in [-0.2, 0) is 6.42 Å². The van der Waals surface area contributed by atoms with Gasteiger partial charge in [0.1, 0.15) is 5.65 Å². The maximum Gasteiger partial charge on any atom is 0.262 e. The molecule has 7 rings (SSSR count). The Labute approximate surface area is 223 Å². The van der Waals surface area contributed by atoms with Crippen LogP contribution in [0.15, 0.2) is 65.7 Å². The molecule has 0 atom stereocenters. The van der Waals surface area contributed by atoms with Gasteiger partial charge in [-0.25, -0.2) is 4.98 Å². The molecule has 0 aliphatic heterocycles. The van der Waals surface area contributed by atoms with Gasteiger partial charge in [0.15, 0.2) is 0 Å². The summed E-state index contributed by atoms with van der Waals surface area (Å²) in [4.78, 5) is 26.0. The third-order valence-electron chi connectivity index (χ3n) is 7.67. The van der Waals surface area contributed by atoms with Crippen LogP contribution in [0.4, 0.5) is 5.95 Å². The van der Waals surface area contributed by atoms with Gasteiger partial charge >= 0.3 is 0 Å². The Kier molecular flexibility index (Phi) is 5.34. The van der Waals surface area contributed by atoms with E-state index in [1.807, 2.05) is 49.5 Å². The van der Waals surface area contributed by atoms with Crippen LogP contribution in [-0.4, -0.2) is 41.4 Å². The zero-order chi connectivity index (χ0) is 26.7. The Morgan fingerprint density at radius 2 is 1.95 bits per heavy atom. The first-order chi connectivity index (χ1) is 19.0. The van der Waals surface area contributed by atoms with Gasteiger partial charge in [0.05, 0.1) is 23.3 Å². The van der Waals surface area contributed by atoms with Gasteiger partial charge in [-0.2, -0.15) is 10.1 Å². The van der Waals surface area contributed by atoms with Gasteiger partial charge in [0.2, 0.25) is 5.95 Å². The molecule has 1 aliphatic rings. The number of hydrogen-bond donors (Lipinski definition) is 4. The largest absolute Gasteiger partial charge is 0.396 e. The van der Waals surface area contributed by atoms with E-state index in [0.29, 0.717) is 29.1 Å². The Balaban J connectivity index is 1.36. The first-order valence-corrected chi connectivity index (χ1v) is 13.1. The van der Waals surface area contributed by atoms with Gasteiger partial charge in [0.25, 0.3) is 5.56 Å². The average molecular weight is 518 g/mol. The molecule has 0 unspecified atom stereocenters. The van der Waals surface area contributed by atoms with Crippen LogP contribution in [0.2, 0.25) is 0 Å². The molecule has 194 valence electrons. The number of pyridine rings is 1. The van der Waals surface area contributed by atoms with Crippen molar-refractivity contribution in [1.29, 1.82) is 0 Å². The number of nitrogens with two attached hydrogens (primary N) is 1. The number of anilines is 1. The van der Waals surface area contributed by atoms with E-state index in [4.69, 9.17) is 5.73 Å². The van der Waals surface area contributed by atoms with E-state index in [1.165, 1.54) is 18.4 Å². The SMILES string of the molecule is Cc1c(-c2nc(N)nc3[nH]c(-c4cn[nH]c4CCO)cc23)cccc1-n1ccc2cc(C3CC3)ccc2c1=O. The molecule has 1 fully saturated rings. The van der Waals surface area contributed by atoms with Crippen LogP contribution in [0.3, 0.4) is 0 Å². The number of aliphatic hydroxyl groups is 1. The summed E-state index contributed by atoms with van der Waals surface area (Å²) in [6, 6.07) is 16.0. The number of fused-ring (bicyclic) bond motifs is 2. The monoisotopic (exact) mass is 517 g/mol. The highest BCUT2D eigenvalue weighted by molar-refractivity contribution is 5.96. The minimum Gasteiger partial charge on any atom is -0.396 e. The van der Waals surface area contributed by atoms with Crippen molar-refractivity contribution in [3.05, 3.63) is 88.1 Å². The molecule has 0 radical (unpaired) electrons. The molecule has 6 aromatic rings. The molecular weight excluding hydrogens is 490 g/mol. The smallest absolute Gasteiger partial charge is 0.262 e. The van der Waals surface area contributed by atoms with Crippen LogP contribution in [0.25, 0.3) is 50.0 Å². The molecule has 1 aliphatic carbocycles. The second kappa shape index (κ2) is 8.92. The molecule has 0 spiro atoms. The van der Waals surface area contributed by atoms with Crippen molar-refractivity contribution < 1.29 is 5.11 Å². The Hall–Kier alpha value is -4.76. The van der Waals surface area contributed by atoms with Crippen LogP contribution in [0.1, 0.15) is 35.6 Å². The second-order valence-electron chi connectivity index (χ2n) is 10.2. The normalized spacial score (nSPS) is 13.5. The van der Waals surface area contributed by atoms with E-state index in [2.05, 4.69) is 37.3 Å². The minimum absolute atomic E-state index is 0.00916. The number of aliphatic hydroxyl groups excluding tert-OH is 1. The maximum atomic E-state index is 13.6. The molecule has 4 aromatic heterocycles. The summed E-state index contributed by atoms with van der Waals surface area (Å²) in [5, 5.41) is 19.0. The fraction of sp³-hybridized carbons (Fsp3) is 0.200. The first kappa shape index (κ1) is 23.4. The summed E-state index contributed by atoms with van der Waals surface area (Å²) in [5.41, 5.74) is 13.7. The van der Waals surface area contributed by atoms with Crippen molar-refractivity contribution in [2.45, 2.75) is 32.1 Å². The quantitative estimate of drug-likeness (QED) is 0.254. The first-order valence-electron chi connectivity index (χ1n) is 13.1. The van der Waals surface area contributed by atoms with E-state index in [0.717, 1.165) is 44.5 Å². The van der Waals surface area contributed by atoms with Crippen LogP contribution < -0.4 is 11.3 Å². The highest BCUT2D eigenvalue weighted by Crippen LogP contribution is 2.41. The van der Waals surface area contributed by atoms with Gasteiger partial charge in [0, 0.05) is 46.8 Å². The fourth-order valence-corrected chi connectivity index (χ4v) is 5.49. The van der Waals surface area contributed by atoms with E-state index < -0.39 is 0 Å². The molecule has 39 heavy (non-hydrogen) atoms. The number of aromatic amines is 2. The summed E-state index contributed by atoms with van der Waals surface area (Å²) >= 11 is 0. The molecule has 0 amide bonds. The van der Waals surface area contributed by atoms with Gasteiger partial charge in [-0.05, 0) is 66.5 Å². The van der Waals surface area contributed by atoms with Crippen molar-refractivity contribution in [2.75, 3.05) is 12.3 Å². The summed E-state index contributed by atoms with van der Waals surface area (Å²) in [6.45, 7) is 2.00. The number of aromatic nitrogens is 6. The maximum absolute atomic E-state index is 13.6. The van der Waals surface area contributed by atoms with Crippen molar-refractivity contribution in [2.24, 2.45) is 0 Å². The third kappa shape index (κ3) is 3.90. The number of rotatable bonds is 6. The number of nitrogens with one attached hydrogen (secondary N) is 2. The van der Waals surface area contributed by atoms with Crippen LogP contribution in [0, 0.1) is 6.92 Å². The van der Waals surface area contributed by atoms with Gasteiger partial charge in [-0.15, -0.1) is 0 Å². The van der Waals surface area contributed by atoms with Crippen molar-refractivity contribution >= 4 is 27.8 Å². The lowest BCUT2D eigenvalue weighted by Gasteiger charge is -2.15. The molecular formula is C30H27N7O2. The van der Waals surface area contributed by atoms with Gasteiger partial charge < -0.3 is 15.8 Å². The van der Waals surface area contributed by atoms with E-state index in [9.17, 15) is 9.90 Å². The molecule has 0 saturated heterocycles. The Morgan fingerprint density at radius 3 is 2.77 bits per heavy atom. The van der Waals surface area contributed by atoms with E-state index >= 15 is 0 Å². The Morgan fingerprint density at radius 1 is 1.08 bits per heavy atom. The zero-order valence-electron chi connectivity index (χ0n) is 21.4. The van der Waals surface area contributed by atoms with Crippen LogP contribution >= 0.6 is 0 Å². The number of benzene rings is 2. The number of hydrogen-bond acceptors (Lipinski definition) is 6. The summed E-state index contributed by atoms with van der Waals surface area (Å²) in [6.07, 6.45) is 6.48. The molecule has 0 bridgehead atoms. The topological polar surface area (TPSA) is 138 Å². The lowest BCUT2D eigenvalue weighted by molar-refractivity contribution is 0.298. The standard InChI is InChI=1S/C30H27N7O2/c1-16-20(27-22-14-25(33-28(22)35-30(31)34-27)23-15-32-36-24(23)10-12-38)3-2-4-26(16)37-11-9-19-13-18(17-5-6-17)7-8-21(19)29(37)39/h2-4,7-9,11,13-15,17,38H,5-6,10,12H2,1H3,(H,32,36)(H3,31,33,34,35). The minimum atomic E-state index is -0.0530. The van der Waals surface area contributed by atoms with Crippen LogP contribution in [0.5, 0.6) is 0 Å². The molecule has 9 nitrogen and oxygen atoms in total. The molecule has 5 N–H and O–H groups in total. The van der Waals surface area contributed by atoms with Gasteiger partial charge in [-0.1, -0.05) is 24.3 Å². The number of nitrogens with zero attached hydrogens (tertiary/aromatic N) is 4. The third-order valence-corrected chi connectivity index (χ3v) is 7.67.